The molecule has 0 radical (unpaired) electrons. The zero-order chi connectivity index (χ0) is 9.07. The van der Waals surface area contributed by atoms with Crippen molar-refractivity contribution in [2.75, 3.05) is 0 Å². The number of primary amides is 1. The highest BCUT2D eigenvalue weighted by Gasteiger charge is 2.27. The van der Waals surface area contributed by atoms with E-state index in [1.807, 2.05) is 0 Å². The van der Waals surface area contributed by atoms with Crippen LogP contribution < -0.4 is 16.9 Å². The predicted octanol–water partition coefficient (Wildman–Crippen LogP) is -0.973. The Balaban J connectivity index is 3.80. The molecule has 0 aromatic carbocycles. The van der Waals surface area contributed by atoms with Crippen LogP contribution in [0.25, 0.3) is 0 Å². The molecule has 64 valence electrons. The number of amides is 2. The van der Waals surface area contributed by atoms with Crippen LogP contribution in [-0.4, -0.2) is 17.0 Å². The Labute approximate surface area is 67.8 Å². The Bertz CT molecular complexity index is 176. The van der Waals surface area contributed by atoms with Gasteiger partial charge in [-0.1, -0.05) is 11.6 Å². The molecule has 6 nitrogen and oxygen atoms in total. The first kappa shape index (κ1) is 9.99. The van der Waals surface area contributed by atoms with Gasteiger partial charge in [0.15, 0.2) is 5.00 Å². The lowest BCUT2D eigenvalue weighted by molar-refractivity contribution is -0.151. The number of nitrogens with two attached hydrogens (primary N) is 2. The van der Waals surface area contributed by atoms with E-state index in [1.54, 1.807) is 5.48 Å². The van der Waals surface area contributed by atoms with Gasteiger partial charge in [0.25, 0.3) is 0 Å². The summed E-state index contributed by atoms with van der Waals surface area (Å²) in [5.41, 5.74) is 11.2. The highest BCUT2D eigenvalue weighted by Crippen LogP contribution is 2.05. The summed E-state index contributed by atoms with van der Waals surface area (Å²) >= 11 is 5.28. The van der Waals surface area contributed by atoms with Crippen LogP contribution in [0, 0.1) is 0 Å². The van der Waals surface area contributed by atoms with Crippen molar-refractivity contribution in [1.82, 2.24) is 5.48 Å². The lowest BCUT2D eigenvalue weighted by atomic mass is 10.4. The fraction of sp³-hybridized carbons (Fsp3) is 0.500. The van der Waals surface area contributed by atoms with Crippen molar-refractivity contribution >= 4 is 23.6 Å². The van der Waals surface area contributed by atoms with Crippen molar-refractivity contribution in [3.05, 3.63) is 0 Å². The molecular weight excluding hydrogens is 174 g/mol. The number of rotatable bonds is 1. The molecule has 2 amide bonds. The zero-order valence-electron chi connectivity index (χ0n) is 5.76. The van der Waals surface area contributed by atoms with Gasteiger partial charge in [-0.2, -0.15) is 5.48 Å². The number of urea groups is 1. The van der Waals surface area contributed by atoms with Crippen molar-refractivity contribution < 1.29 is 14.4 Å². The molecule has 7 heteroatoms. The quantitative estimate of drug-likeness (QED) is 0.275. The molecule has 0 aliphatic carbocycles. The van der Waals surface area contributed by atoms with Gasteiger partial charge in [-0.25, -0.2) is 9.59 Å². The van der Waals surface area contributed by atoms with Crippen molar-refractivity contribution in [3.63, 3.8) is 0 Å². The summed E-state index contributed by atoms with van der Waals surface area (Å²) in [7, 11) is 0. The molecule has 0 rings (SSSR count). The van der Waals surface area contributed by atoms with Gasteiger partial charge >= 0.3 is 12.0 Å². The van der Waals surface area contributed by atoms with E-state index in [4.69, 9.17) is 17.3 Å². The summed E-state index contributed by atoms with van der Waals surface area (Å²) in [4.78, 5) is 23.0. The number of hydroxylamine groups is 1. The Morgan fingerprint density at radius 2 is 2.09 bits per heavy atom. The second-order valence-corrected chi connectivity index (χ2v) is 2.72. The van der Waals surface area contributed by atoms with Crippen molar-refractivity contribution in [2.45, 2.75) is 11.9 Å². The fourth-order valence-corrected chi connectivity index (χ4v) is 0.235. The number of hydrogen-bond acceptors (Lipinski definition) is 4. The number of carbonyl (C=O) groups is 2. The summed E-state index contributed by atoms with van der Waals surface area (Å²) in [6.07, 6.45) is 0. The number of halogens is 1. The van der Waals surface area contributed by atoms with Gasteiger partial charge in [0.1, 0.15) is 0 Å². The highest BCUT2D eigenvalue weighted by atomic mass is 35.5. The summed E-state index contributed by atoms with van der Waals surface area (Å²) in [6.45, 7) is 1.21. The normalized spacial score (nSPS) is 14.8. The van der Waals surface area contributed by atoms with Crippen LogP contribution in [0.5, 0.6) is 0 Å². The third-order valence-electron chi connectivity index (χ3n) is 0.643. The molecule has 0 bridgehead atoms. The molecule has 0 saturated heterocycles. The van der Waals surface area contributed by atoms with E-state index < -0.39 is 17.0 Å². The Kier molecular flexibility index (Phi) is 3.09. The average molecular weight is 182 g/mol. The summed E-state index contributed by atoms with van der Waals surface area (Å²) in [5, 5.41) is 0. The highest BCUT2D eigenvalue weighted by molar-refractivity contribution is 6.33. The third-order valence-corrected chi connectivity index (χ3v) is 0.798. The molecular formula is C4H8ClN3O3. The van der Waals surface area contributed by atoms with Gasteiger partial charge in [-0.15, -0.1) is 0 Å². The van der Waals surface area contributed by atoms with Gasteiger partial charge in [0, 0.05) is 0 Å². The molecule has 11 heavy (non-hydrogen) atoms. The van der Waals surface area contributed by atoms with Gasteiger partial charge in [-0.3, -0.25) is 0 Å². The van der Waals surface area contributed by atoms with E-state index in [0.29, 0.717) is 0 Å². The molecule has 0 unspecified atom stereocenters. The second kappa shape index (κ2) is 3.40. The van der Waals surface area contributed by atoms with Crippen molar-refractivity contribution in [3.8, 4) is 0 Å². The Hall–Kier alpha value is -1.01. The van der Waals surface area contributed by atoms with Crippen LogP contribution in [0.4, 0.5) is 4.79 Å². The molecule has 0 aliphatic rings. The summed E-state index contributed by atoms with van der Waals surface area (Å²) in [6, 6.07) is -1.00. The van der Waals surface area contributed by atoms with E-state index >= 15 is 0 Å². The maximum absolute atomic E-state index is 10.6. The maximum Gasteiger partial charge on any atom is 0.366 e. The predicted molar refractivity (Wildman–Crippen MR) is 37.3 cm³/mol. The van der Waals surface area contributed by atoms with Crippen LogP contribution in [0.15, 0.2) is 0 Å². The molecule has 0 spiro atoms. The SMILES string of the molecule is C[C@@](N)(Cl)C(=O)ONC(N)=O. The average Bonchev–Trinajstić information content (AvgIpc) is 1.80. The maximum atomic E-state index is 10.6. The molecule has 0 saturated carbocycles. The van der Waals surface area contributed by atoms with Crippen LogP contribution in [-0.2, 0) is 9.63 Å². The summed E-state index contributed by atoms with van der Waals surface area (Å²) in [5.74, 6) is -0.988. The van der Waals surface area contributed by atoms with Crippen LogP contribution in [0.2, 0.25) is 0 Å². The minimum atomic E-state index is -1.66. The van der Waals surface area contributed by atoms with Gasteiger partial charge < -0.3 is 16.3 Å². The van der Waals surface area contributed by atoms with E-state index in [1.165, 1.54) is 6.92 Å². The molecule has 0 aliphatic heterocycles. The molecule has 0 fully saturated rings. The summed E-state index contributed by atoms with van der Waals surface area (Å²) < 4.78 is 0. The van der Waals surface area contributed by atoms with E-state index in [0.717, 1.165) is 0 Å². The third kappa shape index (κ3) is 4.40. The number of nitrogens with one attached hydrogen (secondary N) is 1. The van der Waals surface area contributed by atoms with Crippen LogP contribution in [0.1, 0.15) is 6.92 Å². The molecule has 0 aromatic rings. The number of carbonyl (C=O) groups excluding carboxylic acids is 2. The first-order valence-electron chi connectivity index (χ1n) is 2.58. The minimum absolute atomic E-state index is 0.988. The van der Waals surface area contributed by atoms with Gasteiger partial charge in [-0.05, 0) is 6.92 Å². The second-order valence-electron chi connectivity index (χ2n) is 1.93. The van der Waals surface area contributed by atoms with E-state index in [-0.39, 0.29) is 0 Å². The van der Waals surface area contributed by atoms with Crippen molar-refractivity contribution in [1.29, 1.82) is 0 Å². The first-order valence-corrected chi connectivity index (χ1v) is 2.96. The van der Waals surface area contributed by atoms with Crippen LogP contribution in [0.3, 0.4) is 0 Å². The minimum Gasteiger partial charge on any atom is -0.349 e. The van der Waals surface area contributed by atoms with Gasteiger partial charge in [0.05, 0.1) is 0 Å². The number of alkyl halides is 1. The molecule has 0 heterocycles. The standard InChI is InChI=1S/C4H8ClN3O3/c1-4(5,7)2(9)11-8-3(6)10/h7H2,1H3,(H3,6,8,10)/t4-/m0/s1. The van der Waals surface area contributed by atoms with E-state index in [9.17, 15) is 9.59 Å². The fourth-order valence-electron chi connectivity index (χ4n) is 0.196. The molecule has 5 N–H and O–H groups in total. The lowest BCUT2D eigenvalue weighted by Crippen LogP contribution is -2.44. The molecule has 0 aromatic heterocycles. The lowest BCUT2D eigenvalue weighted by Gasteiger charge is -2.12. The van der Waals surface area contributed by atoms with E-state index in [2.05, 4.69) is 10.6 Å². The van der Waals surface area contributed by atoms with Crippen LogP contribution >= 0.6 is 11.6 Å². The first-order chi connectivity index (χ1) is 4.84. The smallest absolute Gasteiger partial charge is 0.349 e. The Morgan fingerprint density at radius 3 is 2.36 bits per heavy atom. The van der Waals surface area contributed by atoms with Crippen molar-refractivity contribution in [2.24, 2.45) is 11.5 Å². The zero-order valence-corrected chi connectivity index (χ0v) is 6.51. The number of hydrogen-bond donors (Lipinski definition) is 3. The monoisotopic (exact) mass is 181 g/mol. The largest absolute Gasteiger partial charge is 0.366 e. The molecule has 1 atom stereocenters. The topological polar surface area (TPSA) is 107 Å². The Morgan fingerprint density at radius 1 is 1.64 bits per heavy atom. The van der Waals surface area contributed by atoms with Gasteiger partial charge in [0.2, 0.25) is 0 Å².